The molecule has 0 radical (unpaired) electrons. The number of rotatable bonds is 8. The third kappa shape index (κ3) is 12.9. The van der Waals surface area contributed by atoms with Gasteiger partial charge < -0.3 is 49.5 Å². The lowest BCUT2D eigenvalue weighted by Gasteiger charge is -2.34. The molecule has 2 unspecified atom stereocenters. The van der Waals surface area contributed by atoms with Crippen molar-refractivity contribution in [3.05, 3.63) is 54.1 Å². The predicted molar refractivity (Wildman–Crippen MR) is 265 cm³/mol. The number of nitrogen functional groups attached to an aromatic ring is 2. The van der Waals surface area contributed by atoms with Crippen LogP contribution in [0.25, 0.3) is 11.4 Å². The van der Waals surface area contributed by atoms with Gasteiger partial charge in [-0.2, -0.15) is 13.7 Å². The number of pyridine rings is 2. The summed E-state index contributed by atoms with van der Waals surface area (Å²) in [4.78, 5) is 29.9. The average Bonchev–Trinajstić information content (AvgIpc) is 3.42. The van der Waals surface area contributed by atoms with Crippen LogP contribution in [0.15, 0.2) is 57.5 Å². The van der Waals surface area contributed by atoms with Gasteiger partial charge in [-0.1, -0.05) is 7.43 Å². The number of ether oxygens (including phenoxy) is 4. The minimum atomic E-state index is -2.47. The van der Waals surface area contributed by atoms with Crippen LogP contribution in [0.2, 0.25) is 5.28 Å². The van der Waals surface area contributed by atoms with Crippen LogP contribution in [0.5, 0.6) is 0 Å². The fourth-order valence-electron chi connectivity index (χ4n) is 7.10. The molecule has 0 aliphatic carbocycles. The van der Waals surface area contributed by atoms with Crippen molar-refractivity contribution in [1.29, 1.82) is 0 Å². The molecule has 5 fully saturated rings. The van der Waals surface area contributed by atoms with Crippen LogP contribution in [0.3, 0.4) is 0 Å². The smallest absolute Gasteiger partial charge is 0.399 e. The van der Waals surface area contributed by atoms with Crippen molar-refractivity contribution < 1.29 is 36.7 Å². The van der Waals surface area contributed by atoms with Crippen LogP contribution in [0.4, 0.5) is 34.9 Å². The molecule has 20 nitrogen and oxygen atoms in total. The van der Waals surface area contributed by atoms with Gasteiger partial charge in [0.25, 0.3) is 0 Å². The summed E-state index contributed by atoms with van der Waals surface area (Å²) >= 11 is 6.02. The Morgan fingerprint density at radius 3 is 1.63 bits per heavy atom. The van der Waals surface area contributed by atoms with Gasteiger partial charge in [0.1, 0.15) is 23.3 Å². The van der Waals surface area contributed by atoms with Gasteiger partial charge in [-0.25, -0.2) is 33.3 Å². The normalized spacial score (nSPS) is 23.0. The van der Waals surface area contributed by atoms with Gasteiger partial charge >= 0.3 is 7.12 Å². The Hall–Kier alpha value is -4.33. The quantitative estimate of drug-likeness (QED) is 0.181. The summed E-state index contributed by atoms with van der Waals surface area (Å²) in [6.07, 6.45) is 6.57. The molecule has 4 aromatic rings. The zero-order valence-electron chi connectivity index (χ0n) is 38.7. The lowest BCUT2D eigenvalue weighted by molar-refractivity contribution is 0.00578. The van der Waals surface area contributed by atoms with Crippen LogP contribution in [0, 0.1) is 0 Å². The molecule has 0 bridgehead atoms. The Labute approximate surface area is 400 Å². The van der Waals surface area contributed by atoms with E-state index in [9.17, 15) is 8.42 Å². The highest BCUT2D eigenvalue weighted by Gasteiger charge is 2.51. The molecule has 9 heterocycles. The molecule has 0 spiro atoms. The highest BCUT2D eigenvalue weighted by molar-refractivity contribution is 7.94. The lowest BCUT2D eigenvalue weighted by Crippen LogP contribution is -2.44. The van der Waals surface area contributed by atoms with Crippen LogP contribution < -0.4 is 26.7 Å². The summed E-state index contributed by atoms with van der Waals surface area (Å²) in [5, 5.41) is -0.0183. The number of anilines is 4. The molecular weight excluding hydrogens is 923 g/mol. The second-order valence-corrected chi connectivity index (χ2v) is 23.3. The monoisotopic (exact) mass is 986 g/mol. The molecular formula is C43H64BClN12O8S2. The molecule has 366 valence electrons. The SMILES string of the molecule is C.CC1(C)OB(c2ccnc(N)c2)OC1(C)C.C[C@@H]1COCCN1c1cc(N=S(C)(=O)C2COC2)nc(-c2ccnc(N)c2)n1.C[C@@H]1COCCN1c1cc(N=S(C)(=O)C2COC2)nc(Cl)n1. The third-order valence-corrected chi connectivity index (χ3v) is 16.4. The number of hydrogen-bond acceptors (Lipinski definition) is 20. The minimum absolute atomic E-state index is 0. The first-order valence-electron chi connectivity index (χ1n) is 21.7. The zero-order chi connectivity index (χ0) is 47.4. The first-order valence-corrected chi connectivity index (χ1v) is 26.0. The Kier molecular flexibility index (Phi) is 16.7. The largest absolute Gasteiger partial charge is 0.495 e. The van der Waals surface area contributed by atoms with Crippen molar-refractivity contribution in [2.24, 2.45) is 8.73 Å². The van der Waals surface area contributed by atoms with Crippen molar-refractivity contribution in [2.45, 2.75) is 82.8 Å². The molecule has 24 heteroatoms. The maximum absolute atomic E-state index is 13.0. The summed E-state index contributed by atoms with van der Waals surface area (Å²) in [5.41, 5.74) is 12.5. The highest BCUT2D eigenvalue weighted by Crippen LogP contribution is 2.36. The van der Waals surface area contributed by atoms with Gasteiger partial charge in [-0.3, -0.25) is 0 Å². The van der Waals surface area contributed by atoms with E-state index in [-0.39, 0.29) is 53.6 Å². The molecule has 4 N–H and O–H groups in total. The molecule has 0 amide bonds. The van der Waals surface area contributed by atoms with Gasteiger partial charge in [0, 0.05) is 55.7 Å². The molecule has 4 atom stereocenters. The van der Waals surface area contributed by atoms with Gasteiger partial charge in [0.05, 0.1) is 106 Å². The van der Waals surface area contributed by atoms with Crippen LogP contribution >= 0.6 is 11.6 Å². The number of hydrogen-bond donors (Lipinski definition) is 2. The molecule has 0 saturated carbocycles. The van der Waals surface area contributed by atoms with E-state index in [1.165, 1.54) is 0 Å². The second kappa shape index (κ2) is 21.5. The Bertz CT molecular complexity index is 2590. The van der Waals surface area contributed by atoms with Gasteiger partial charge in [0.2, 0.25) is 5.28 Å². The third-order valence-electron chi connectivity index (χ3n) is 12.1. The Balaban J connectivity index is 0.000000171. The predicted octanol–water partition coefficient (Wildman–Crippen LogP) is 4.56. The highest BCUT2D eigenvalue weighted by atomic mass is 35.5. The van der Waals surface area contributed by atoms with Gasteiger partial charge in [-0.15, -0.1) is 0 Å². The van der Waals surface area contributed by atoms with E-state index in [0.29, 0.717) is 94.3 Å². The standard InChI is InChI=1S/C18H24N6O3S.C13H19ClN4O3S.C11H17BN2O2.CH4/c1-12-9-26-6-5-24(12)17-8-16(23-28(2,25)14-10-27-11-14)21-18(22-17)13-3-4-20-15(19)7-13;1-9-6-20-4-3-18(9)12-5-11(15-13(14)16-12)17-22(2,19)10-7-21-8-10;1-10(2)11(3,4)16-12(15-10)8-5-6-14-9(13)7-8;/h3-4,7-8,12,14H,5-6,9-11H2,1-2H3,(H2,19,20);5,9-10H,3-4,6-8H2,1-2H3;5-7H,1-4H3,(H2,13,14);1H4/t12-,28?;9-,22?;;/m11../s1. The van der Waals surface area contributed by atoms with Crippen molar-refractivity contribution in [3.8, 4) is 11.4 Å². The number of aromatic nitrogens is 6. The Morgan fingerprint density at radius 1 is 0.687 bits per heavy atom. The molecule has 9 rings (SSSR count). The average molecular weight is 987 g/mol. The molecule has 4 aromatic heterocycles. The first-order chi connectivity index (χ1) is 31.2. The summed E-state index contributed by atoms with van der Waals surface area (Å²) < 4.78 is 67.5. The fraction of sp³-hybridized carbons (Fsp3) is 0.581. The molecule has 5 saturated heterocycles. The van der Waals surface area contributed by atoms with E-state index in [1.54, 1.807) is 55.2 Å². The number of nitrogens with two attached hydrogens (primary N) is 2. The van der Waals surface area contributed by atoms with Crippen molar-refractivity contribution in [2.75, 3.05) is 99.7 Å². The van der Waals surface area contributed by atoms with E-state index in [4.69, 9.17) is 56.3 Å². The topological polar surface area (TPSA) is 250 Å². The van der Waals surface area contributed by atoms with Crippen molar-refractivity contribution in [3.63, 3.8) is 0 Å². The van der Waals surface area contributed by atoms with Crippen LogP contribution in [-0.4, -0.2) is 158 Å². The molecule has 5 aliphatic rings. The van der Waals surface area contributed by atoms with E-state index >= 15 is 0 Å². The summed E-state index contributed by atoms with van der Waals surface area (Å²) in [6, 6.07) is 11.0. The van der Waals surface area contributed by atoms with Crippen LogP contribution in [-0.2, 0) is 47.7 Å². The second-order valence-electron chi connectivity index (χ2n) is 17.8. The minimum Gasteiger partial charge on any atom is -0.399 e. The maximum Gasteiger partial charge on any atom is 0.495 e. The zero-order valence-corrected chi connectivity index (χ0v) is 41.1. The van der Waals surface area contributed by atoms with Gasteiger partial charge in [-0.05, 0) is 82.9 Å². The van der Waals surface area contributed by atoms with E-state index in [0.717, 1.165) is 23.4 Å². The van der Waals surface area contributed by atoms with Crippen molar-refractivity contribution >= 4 is 78.5 Å². The van der Waals surface area contributed by atoms with E-state index < -0.39 is 19.5 Å². The molecule has 67 heavy (non-hydrogen) atoms. The molecule has 5 aliphatic heterocycles. The van der Waals surface area contributed by atoms with E-state index in [2.05, 4.69) is 57.3 Å². The Morgan fingerprint density at radius 2 is 1.16 bits per heavy atom. The fourth-order valence-corrected chi connectivity index (χ4v) is 9.90. The first kappa shape index (κ1) is 52.1. The summed E-state index contributed by atoms with van der Waals surface area (Å²) in [7, 11) is -5.23. The van der Waals surface area contributed by atoms with Crippen molar-refractivity contribution in [1.82, 2.24) is 29.9 Å². The summed E-state index contributed by atoms with van der Waals surface area (Å²) in [6.45, 7) is 18.1. The number of morpholine rings is 2. The maximum atomic E-state index is 13.0. The molecule has 0 aromatic carbocycles. The number of nitrogens with zero attached hydrogens (tertiary/aromatic N) is 10. The lowest BCUT2D eigenvalue weighted by atomic mass is 9.80. The van der Waals surface area contributed by atoms with Gasteiger partial charge in [0.15, 0.2) is 17.5 Å². The number of halogens is 1. The van der Waals surface area contributed by atoms with Crippen LogP contribution in [0.1, 0.15) is 49.0 Å². The summed E-state index contributed by atoms with van der Waals surface area (Å²) in [5.74, 6) is 3.51. The van der Waals surface area contributed by atoms with E-state index in [1.807, 2.05) is 33.8 Å².